The van der Waals surface area contributed by atoms with Crippen LogP contribution >= 0.6 is 0 Å². The Bertz CT molecular complexity index is 635. The molecule has 2 aromatic rings. The summed E-state index contributed by atoms with van der Waals surface area (Å²) >= 11 is 0. The van der Waals surface area contributed by atoms with Crippen LogP contribution < -0.4 is 0 Å². The molecule has 1 aromatic heterocycles. The third-order valence-corrected chi connectivity index (χ3v) is 5.04. The van der Waals surface area contributed by atoms with E-state index in [4.69, 9.17) is 0 Å². The van der Waals surface area contributed by atoms with Crippen molar-refractivity contribution in [2.45, 2.75) is 39.3 Å². The quantitative estimate of drug-likeness (QED) is 0.775. The van der Waals surface area contributed by atoms with Crippen molar-refractivity contribution < 1.29 is 0 Å². The van der Waals surface area contributed by atoms with Crippen molar-refractivity contribution in [2.75, 3.05) is 26.7 Å². The third kappa shape index (κ3) is 5.62. The Labute approximate surface area is 151 Å². The summed E-state index contributed by atoms with van der Waals surface area (Å²) < 4.78 is 0. The van der Waals surface area contributed by atoms with Crippen LogP contribution in [0.3, 0.4) is 0 Å². The van der Waals surface area contributed by atoms with Gasteiger partial charge in [-0.05, 0) is 50.5 Å². The fourth-order valence-corrected chi connectivity index (χ4v) is 3.65. The van der Waals surface area contributed by atoms with Gasteiger partial charge in [0, 0.05) is 32.3 Å². The lowest BCUT2D eigenvalue weighted by molar-refractivity contribution is 0.146. The Morgan fingerprint density at radius 1 is 1.12 bits per heavy atom. The summed E-state index contributed by atoms with van der Waals surface area (Å²) in [5.41, 5.74) is 2.56. The summed E-state index contributed by atoms with van der Waals surface area (Å²) in [4.78, 5) is 13.9. The summed E-state index contributed by atoms with van der Waals surface area (Å²) in [5, 5.41) is 0. The van der Waals surface area contributed by atoms with Crippen LogP contribution in [0.4, 0.5) is 0 Å². The Morgan fingerprint density at radius 3 is 2.60 bits per heavy atom. The Morgan fingerprint density at radius 2 is 1.88 bits per heavy atom. The van der Waals surface area contributed by atoms with Crippen molar-refractivity contribution in [1.82, 2.24) is 19.8 Å². The molecule has 0 N–H and O–H groups in total. The van der Waals surface area contributed by atoms with E-state index >= 15 is 0 Å². The van der Waals surface area contributed by atoms with Gasteiger partial charge in [0.2, 0.25) is 0 Å². The molecule has 0 atom stereocenters. The molecular weight excluding hydrogens is 308 g/mol. The van der Waals surface area contributed by atoms with E-state index in [9.17, 15) is 0 Å². The molecule has 0 saturated carbocycles. The molecule has 0 bridgehead atoms. The van der Waals surface area contributed by atoms with Crippen LogP contribution in [-0.4, -0.2) is 46.4 Å². The molecule has 134 valence electrons. The zero-order valence-corrected chi connectivity index (χ0v) is 15.6. The molecule has 1 fully saturated rings. The zero-order chi connectivity index (χ0) is 17.5. The number of piperidine rings is 1. The molecule has 4 heteroatoms. The first-order valence-corrected chi connectivity index (χ1v) is 9.48. The third-order valence-electron chi connectivity index (χ3n) is 5.04. The molecule has 4 nitrogen and oxygen atoms in total. The fourth-order valence-electron chi connectivity index (χ4n) is 3.65. The second kappa shape index (κ2) is 9.07. The average Bonchev–Trinajstić information content (AvgIpc) is 2.64. The predicted octanol–water partition coefficient (Wildman–Crippen LogP) is 3.38. The van der Waals surface area contributed by atoms with Gasteiger partial charge in [-0.25, -0.2) is 9.97 Å². The lowest BCUT2D eigenvalue weighted by Gasteiger charge is -2.33. The van der Waals surface area contributed by atoms with E-state index in [1.807, 2.05) is 12.3 Å². The Balaban J connectivity index is 1.42. The smallest absolute Gasteiger partial charge is 0.128 e. The Hall–Kier alpha value is -1.78. The molecule has 1 aliphatic heterocycles. The van der Waals surface area contributed by atoms with Gasteiger partial charge < -0.3 is 4.90 Å². The van der Waals surface area contributed by atoms with Crippen LogP contribution in [0.15, 0.2) is 42.6 Å². The summed E-state index contributed by atoms with van der Waals surface area (Å²) in [7, 11) is 2.21. The van der Waals surface area contributed by atoms with E-state index in [-0.39, 0.29) is 0 Å². The van der Waals surface area contributed by atoms with E-state index in [1.54, 1.807) is 0 Å². The average molecular weight is 338 g/mol. The maximum Gasteiger partial charge on any atom is 0.128 e. The molecule has 1 aliphatic rings. The number of aromatic nitrogens is 2. The van der Waals surface area contributed by atoms with Crippen LogP contribution in [0, 0.1) is 5.92 Å². The van der Waals surface area contributed by atoms with Gasteiger partial charge in [0.15, 0.2) is 0 Å². The van der Waals surface area contributed by atoms with Crippen LogP contribution in [0.25, 0.3) is 0 Å². The normalized spacial score (nSPS) is 16.4. The second-order valence-electron chi connectivity index (χ2n) is 7.22. The molecule has 0 spiro atoms. The summed E-state index contributed by atoms with van der Waals surface area (Å²) in [5.74, 6) is 1.74. The highest BCUT2D eigenvalue weighted by molar-refractivity contribution is 5.14. The summed E-state index contributed by atoms with van der Waals surface area (Å²) in [6.07, 6.45) is 5.37. The van der Waals surface area contributed by atoms with Gasteiger partial charge in [0.05, 0.1) is 5.69 Å². The van der Waals surface area contributed by atoms with Crippen LogP contribution in [0.1, 0.15) is 36.8 Å². The number of nitrogens with zero attached hydrogens (tertiary/aromatic N) is 4. The molecule has 1 aromatic carbocycles. The van der Waals surface area contributed by atoms with Crippen molar-refractivity contribution in [3.8, 4) is 0 Å². The number of likely N-dealkylation sites (tertiary alicyclic amines) is 1. The molecule has 0 unspecified atom stereocenters. The Kier molecular flexibility index (Phi) is 6.54. The van der Waals surface area contributed by atoms with E-state index in [0.717, 1.165) is 43.5 Å². The summed E-state index contributed by atoms with van der Waals surface area (Å²) in [6.45, 7) is 7.68. The zero-order valence-electron chi connectivity index (χ0n) is 15.6. The van der Waals surface area contributed by atoms with Crippen LogP contribution in [-0.2, 0) is 19.5 Å². The number of benzene rings is 1. The number of aryl methyl sites for hydroxylation is 1. The van der Waals surface area contributed by atoms with Crippen molar-refractivity contribution in [3.05, 3.63) is 59.7 Å². The minimum Gasteiger partial charge on any atom is -0.300 e. The second-order valence-corrected chi connectivity index (χ2v) is 7.22. The van der Waals surface area contributed by atoms with Gasteiger partial charge >= 0.3 is 0 Å². The molecule has 3 rings (SSSR count). The lowest BCUT2D eigenvalue weighted by atomic mass is 9.96. The predicted molar refractivity (Wildman–Crippen MR) is 102 cm³/mol. The largest absolute Gasteiger partial charge is 0.300 e. The van der Waals surface area contributed by atoms with E-state index in [2.05, 4.69) is 64.1 Å². The fraction of sp³-hybridized carbons (Fsp3) is 0.524. The minimum atomic E-state index is 0.796. The highest BCUT2D eigenvalue weighted by atomic mass is 15.1. The van der Waals surface area contributed by atoms with Crippen molar-refractivity contribution in [3.63, 3.8) is 0 Å². The van der Waals surface area contributed by atoms with Crippen molar-refractivity contribution >= 4 is 0 Å². The van der Waals surface area contributed by atoms with E-state index in [1.165, 1.54) is 31.5 Å². The number of rotatable bonds is 7. The van der Waals surface area contributed by atoms with Gasteiger partial charge in [-0.15, -0.1) is 0 Å². The van der Waals surface area contributed by atoms with Crippen molar-refractivity contribution in [2.24, 2.45) is 5.92 Å². The van der Waals surface area contributed by atoms with Gasteiger partial charge in [-0.1, -0.05) is 37.3 Å². The van der Waals surface area contributed by atoms with Gasteiger partial charge in [-0.3, -0.25) is 4.90 Å². The topological polar surface area (TPSA) is 32.3 Å². The number of hydrogen-bond donors (Lipinski definition) is 0. The lowest BCUT2D eigenvalue weighted by Crippen LogP contribution is -2.37. The van der Waals surface area contributed by atoms with Crippen molar-refractivity contribution in [1.29, 1.82) is 0 Å². The molecule has 25 heavy (non-hydrogen) atoms. The first-order chi connectivity index (χ1) is 12.2. The van der Waals surface area contributed by atoms with Gasteiger partial charge in [-0.2, -0.15) is 0 Å². The maximum absolute atomic E-state index is 4.62. The SMILES string of the molecule is CCc1nccc(CN(C)CC2CCN(Cc3ccccc3)CC2)n1. The highest BCUT2D eigenvalue weighted by Gasteiger charge is 2.20. The number of hydrogen-bond acceptors (Lipinski definition) is 4. The highest BCUT2D eigenvalue weighted by Crippen LogP contribution is 2.20. The van der Waals surface area contributed by atoms with E-state index in [0.29, 0.717) is 0 Å². The van der Waals surface area contributed by atoms with Gasteiger partial charge in [0.25, 0.3) is 0 Å². The monoisotopic (exact) mass is 338 g/mol. The summed E-state index contributed by atoms with van der Waals surface area (Å²) in [6, 6.07) is 12.9. The van der Waals surface area contributed by atoms with Crippen LogP contribution in [0.5, 0.6) is 0 Å². The first kappa shape index (κ1) is 18.0. The minimum absolute atomic E-state index is 0.796. The molecule has 1 saturated heterocycles. The standard InChI is InChI=1S/C21H30N4/c1-3-21-22-12-9-20(23-21)17-24(2)15-19-10-13-25(14-11-19)16-18-7-5-4-6-8-18/h4-9,12,19H,3,10-11,13-17H2,1-2H3. The molecule has 0 amide bonds. The molecule has 2 heterocycles. The molecular formula is C21H30N4. The molecule has 0 aliphatic carbocycles. The van der Waals surface area contributed by atoms with Gasteiger partial charge in [0.1, 0.15) is 5.82 Å². The molecule has 0 radical (unpaired) electrons. The maximum atomic E-state index is 4.62. The van der Waals surface area contributed by atoms with E-state index < -0.39 is 0 Å². The first-order valence-electron chi connectivity index (χ1n) is 9.48. The van der Waals surface area contributed by atoms with Crippen LogP contribution in [0.2, 0.25) is 0 Å².